The number of anilines is 4. The number of nitrogen functional groups attached to an aromatic ring is 2. The van der Waals surface area contributed by atoms with Gasteiger partial charge in [-0.25, -0.2) is 4.98 Å². The summed E-state index contributed by atoms with van der Waals surface area (Å²) < 4.78 is 1.43. The van der Waals surface area contributed by atoms with E-state index in [0.29, 0.717) is 32.1 Å². The first kappa shape index (κ1) is 17.9. The molecule has 10 nitrogen and oxygen atoms in total. The maximum Gasteiger partial charge on any atom is 0.327 e. The SMILES string of the molecule is Cc1c(C(=O)N=O)sc2nn3c(N)c(NNc4ccc(Cl)cc4)c(N)nc3c12. The van der Waals surface area contributed by atoms with Crippen LogP contribution in [0.5, 0.6) is 0 Å². The molecule has 0 aliphatic rings. The van der Waals surface area contributed by atoms with Crippen LogP contribution in [0.4, 0.5) is 23.0 Å². The molecule has 142 valence electrons. The van der Waals surface area contributed by atoms with E-state index >= 15 is 0 Å². The second-order valence-corrected chi connectivity index (χ2v) is 7.32. The summed E-state index contributed by atoms with van der Waals surface area (Å²) >= 11 is 6.93. The molecule has 4 aromatic rings. The molecular formula is C16H13ClN8O2S. The Labute approximate surface area is 166 Å². The van der Waals surface area contributed by atoms with E-state index in [9.17, 15) is 9.70 Å². The molecule has 1 amide bonds. The Kier molecular flexibility index (Phi) is 4.24. The van der Waals surface area contributed by atoms with Gasteiger partial charge in [-0.3, -0.25) is 10.2 Å². The molecule has 1 aromatic carbocycles. The predicted molar refractivity (Wildman–Crippen MR) is 111 cm³/mol. The van der Waals surface area contributed by atoms with E-state index in [4.69, 9.17) is 23.1 Å². The van der Waals surface area contributed by atoms with Crippen LogP contribution in [0.2, 0.25) is 5.02 Å². The number of carbonyl (C=O) groups is 1. The van der Waals surface area contributed by atoms with E-state index < -0.39 is 5.91 Å². The van der Waals surface area contributed by atoms with Crippen molar-refractivity contribution in [2.45, 2.75) is 6.92 Å². The van der Waals surface area contributed by atoms with Crippen molar-refractivity contribution in [1.29, 1.82) is 0 Å². The number of nitrogens with zero attached hydrogens (tertiary/aromatic N) is 4. The molecular weight excluding hydrogens is 404 g/mol. The smallest absolute Gasteiger partial charge is 0.327 e. The van der Waals surface area contributed by atoms with Gasteiger partial charge in [0.05, 0.1) is 11.1 Å². The van der Waals surface area contributed by atoms with Crippen molar-refractivity contribution in [1.82, 2.24) is 14.6 Å². The quantitative estimate of drug-likeness (QED) is 0.291. The summed E-state index contributed by atoms with van der Waals surface area (Å²) in [4.78, 5) is 27.4. The van der Waals surface area contributed by atoms with Gasteiger partial charge < -0.3 is 16.9 Å². The van der Waals surface area contributed by atoms with Crippen molar-refractivity contribution >= 4 is 67.7 Å². The predicted octanol–water partition coefficient (Wildman–Crippen LogP) is 3.42. The molecule has 4 rings (SSSR count). The number of carbonyl (C=O) groups excluding carboxylic acids is 1. The van der Waals surface area contributed by atoms with Crippen LogP contribution in [0, 0.1) is 11.8 Å². The minimum atomic E-state index is -0.843. The third-order valence-electron chi connectivity index (χ3n) is 4.16. The van der Waals surface area contributed by atoms with Crippen molar-refractivity contribution in [3.8, 4) is 0 Å². The number of halogens is 1. The minimum absolute atomic E-state index is 0.139. The molecule has 3 heterocycles. The first-order valence-electron chi connectivity index (χ1n) is 7.92. The lowest BCUT2D eigenvalue weighted by atomic mass is 10.2. The van der Waals surface area contributed by atoms with E-state index in [1.165, 1.54) is 4.52 Å². The number of hydrazine groups is 1. The van der Waals surface area contributed by atoms with E-state index in [0.717, 1.165) is 17.0 Å². The molecule has 0 aliphatic heterocycles. The van der Waals surface area contributed by atoms with Crippen molar-refractivity contribution in [3.05, 3.63) is 44.6 Å². The van der Waals surface area contributed by atoms with E-state index in [1.807, 2.05) is 0 Å². The molecule has 0 spiro atoms. The summed E-state index contributed by atoms with van der Waals surface area (Å²) in [7, 11) is 0. The normalized spacial score (nSPS) is 11.1. The van der Waals surface area contributed by atoms with E-state index in [-0.39, 0.29) is 16.5 Å². The number of nitrogens with two attached hydrogens (primary N) is 2. The van der Waals surface area contributed by atoms with Crippen LogP contribution < -0.4 is 22.3 Å². The van der Waals surface area contributed by atoms with Gasteiger partial charge in [0.2, 0.25) is 0 Å². The van der Waals surface area contributed by atoms with Gasteiger partial charge >= 0.3 is 5.91 Å². The highest BCUT2D eigenvalue weighted by molar-refractivity contribution is 7.20. The van der Waals surface area contributed by atoms with Gasteiger partial charge in [0, 0.05) is 10.2 Å². The molecule has 3 aromatic heterocycles. The van der Waals surface area contributed by atoms with Crippen molar-refractivity contribution in [3.63, 3.8) is 0 Å². The number of aryl methyl sites for hydroxylation is 1. The van der Waals surface area contributed by atoms with Gasteiger partial charge in [-0.1, -0.05) is 11.6 Å². The van der Waals surface area contributed by atoms with E-state index in [2.05, 4.69) is 26.1 Å². The summed E-state index contributed by atoms with van der Waals surface area (Å²) in [5.41, 5.74) is 20.2. The van der Waals surface area contributed by atoms with Crippen LogP contribution in [0.3, 0.4) is 0 Å². The van der Waals surface area contributed by atoms with Gasteiger partial charge in [-0.2, -0.15) is 9.61 Å². The standard InChI is InChI=1S/C16H13ClN8O2S/c1-6-9-14-20-12(18)10(22-21-8-4-2-7(17)3-5-8)13(19)25(14)23-16(9)28-11(6)15(26)24-27/h2-5,21-22H,19H2,1H3,(H2,18,20). The molecule has 0 fully saturated rings. The maximum absolute atomic E-state index is 11.7. The number of nitrogens with one attached hydrogen (secondary N) is 2. The van der Waals surface area contributed by atoms with Crippen LogP contribution in [0.1, 0.15) is 15.2 Å². The number of hydrogen-bond acceptors (Lipinski definition) is 9. The number of benzene rings is 1. The molecule has 12 heteroatoms. The lowest BCUT2D eigenvalue weighted by Crippen LogP contribution is -2.15. The Balaban J connectivity index is 1.77. The van der Waals surface area contributed by atoms with Crippen LogP contribution >= 0.6 is 22.9 Å². The van der Waals surface area contributed by atoms with Crippen LogP contribution in [-0.4, -0.2) is 20.5 Å². The number of rotatable bonds is 4. The molecule has 0 unspecified atom stereocenters. The number of amides is 1. The third kappa shape index (κ3) is 2.77. The molecule has 0 saturated carbocycles. The summed E-state index contributed by atoms with van der Waals surface area (Å²) in [5.74, 6) is -0.474. The van der Waals surface area contributed by atoms with Crippen LogP contribution in [-0.2, 0) is 0 Å². The summed E-state index contributed by atoms with van der Waals surface area (Å²) in [6.45, 7) is 1.70. The number of nitroso groups, excluding NO2 is 1. The summed E-state index contributed by atoms with van der Waals surface area (Å²) in [5, 5.41) is 8.08. The molecule has 28 heavy (non-hydrogen) atoms. The average Bonchev–Trinajstić information content (AvgIpc) is 3.19. The molecule has 0 atom stereocenters. The highest BCUT2D eigenvalue weighted by Gasteiger charge is 2.23. The zero-order chi connectivity index (χ0) is 20.0. The van der Waals surface area contributed by atoms with Crippen LogP contribution in [0.25, 0.3) is 15.9 Å². The second kappa shape index (κ2) is 6.62. The van der Waals surface area contributed by atoms with Gasteiger partial charge in [-0.15, -0.1) is 16.2 Å². The number of thiophene rings is 1. The lowest BCUT2D eigenvalue weighted by molar-refractivity contribution is 0.100. The summed E-state index contributed by atoms with van der Waals surface area (Å²) in [6.07, 6.45) is 0. The van der Waals surface area contributed by atoms with Gasteiger partial charge in [0.1, 0.15) is 15.4 Å². The Hall–Kier alpha value is -3.44. The lowest BCUT2D eigenvalue weighted by Gasteiger charge is -2.14. The van der Waals surface area contributed by atoms with Crippen molar-refractivity contribution < 1.29 is 4.79 Å². The maximum atomic E-state index is 11.7. The monoisotopic (exact) mass is 416 g/mol. The Morgan fingerprint density at radius 1 is 1.25 bits per heavy atom. The largest absolute Gasteiger partial charge is 0.382 e. The van der Waals surface area contributed by atoms with Crippen molar-refractivity contribution in [2.24, 2.45) is 5.18 Å². The molecule has 0 aliphatic carbocycles. The van der Waals surface area contributed by atoms with Crippen LogP contribution in [0.15, 0.2) is 29.4 Å². The number of aromatic nitrogens is 3. The molecule has 6 N–H and O–H groups in total. The minimum Gasteiger partial charge on any atom is -0.382 e. The van der Waals surface area contributed by atoms with E-state index in [1.54, 1.807) is 31.2 Å². The fraction of sp³-hybridized carbons (Fsp3) is 0.0625. The summed E-state index contributed by atoms with van der Waals surface area (Å²) in [6, 6.07) is 7.02. The topological polar surface area (TPSA) is 153 Å². The van der Waals surface area contributed by atoms with Gasteiger partial charge in [0.25, 0.3) is 0 Å². The Morgan fingerprint density at radius 3 is 2.64 bits per heavy atom. The fourth-order valence-electron chi connectivity index (χ4n) is 2.80. The average molecular weight is 417 g/mol. The zero-order valence-electron chi connectivity index (χ0n) is 14.4. The van der Waals surface area contributed by atoms with Gasteiger partial charge in [-0.05, 0) is 36.8 Å². The molecule has 0 saturated heterocycles. The molecule has 0 bridgehead atoms. The van der Waals surface area contributed by atoms with Gasteiger partial charge in [0.15, 0.2) is 17.3 Å². The number of hydrogen-bond donors (Lipinski definition) is 4. The second-order valence-electron chi connectivity index (χ2n) is 5.88. The Morgan fingerprint density at radius 2 is 1.96 bits per heavy atom. The fourth-order valence-corrected chi connectivity index (χ4v) is 3.96. The van der Waals surface area contributed by atoms with Crippen molar-refractivity contribution in [2.75, 3.05) is 22.3 Å². The highest BCUT2D eigenvalue weighted by Crippen LogP contribution is 2.36. The zero-order valence-corrected chi connectivity index (χ0v) is 15.9. The molecule has 0 radical (unpaired) electrons. The Bertz CT molecular complexity index is 1250. The first-order valence-corrected chi connectivity index (χ1v) is 9.12. The number of fused-ring (bicyclic) bond motifs is 3. The third-order valence-corrected chi connectivity index (χ3v) is 5.58. The highest BCUT2D eigenvalue weighted by atomic mass is 35.5. The first-order chi connectivity index (χ1) is 13.4.